The van der Waals surface area contributed by atoms with Crippen molar-refractivity contribution in [2.45, 2.75) is 50.9 Å². The van der Waals surface area contributed by atoms with Crippen LogP contribution in [-0.2, 0) is 5.41 Å². The van der Waals surface area contributed by atoms with E-state index in [0.29, 0.717) is 0 Å². The molecule has 2 rings (SSSR count). The van der Waals surface area contributed by atoms with E-state index in [1.807, 2.05) is 6.07 Å². The summed E-state index contributed by atoms with van der Waals surface area (Å²) in [6, 6.07) is 3.49. The number of H-pyrrole nitrogens is 1. The van der Waals surface area contributed by atoms with E-state index in [1.54, 1.807) is 6.07 Å². The fourth-order valence-electron chi connectivity index (χ4n) is 2.66. The summed E-state index contributed by atoms with van der Waals surface area (Å²) in [6.45, 7) is 2.22. The minimum absolute atomic E-state index is 0.110. The Morgan fingerprint density at radius 2 is 2.07 bits per heavy atom. The summed E-state index contributed by atoms with van der Waals surface area (Å²) in [4.78, 5) is 11.0. The number of aromatic nitrogens is 2. The van der Waals surface area contributed by atoms with Crippen LogP contribution in [0.3, 0.4) is 0 Å². The first-order valence-corrected chi connectivity index (χ1v) is 5.83. The van der Waals surface area contributed by atoms with E-state index in [2.05, 4.69) is 17.1 Å². The fourth-order valence-corrected chi connectivity index (χ4v) is 2.66. The number of nitrogens with zero attached hydrogens (tertiary/aromatic N) is 1. The molecular formula is C12H18N2O. The summed E-state index contributed by atoms with van der Waals surface area (Å²) in [5.74, 6) is 0. The standard InChI is InChI=1S/C12H18N2O/c1-2-12(8-4-3-5-9-12)10-6-7-11(15)14-13-10/h6-7H,2-5,8-9H2,1H3,(H,14,15). The number of rotatable bonds is 2. The van der Waals surface area contributed by atoms with Crippen molar-refractivity contribution in [3.8, 4) is 0 Å². The Morgan fingerprint density at radius 1 is 1.33 bits per heavy atom. The van der Waals surface area contributed by atoms with E-state index < -0.39 is 0 Å². The summed E-state index contributed by atoms with van der Waals surface area (Å²) in [5.41, 5.74) is 1.19. The lowest BCUT2D eigenvalue weighted by Crippen LogP contribution is -2.30. The van der Waals surface area contributed by atoms with E-state index in [0.717, 1.165) is 12.1 Å². The van der Waals surface area contributed by atoms with E-state index in [1.165, 1.54) is 32.1 Å². The van der Waals surface area contributed by atoms with Gasteiger partial charge in [-0.05, 0) is 25.3 Å². The Morgan fingerprint density at radius 3 is 2.60 bits per heavy atom. The Labute approximate surface area is 89.9 Å². The van der Waals surface area contributed by atoms with Crippen molar-refractivity contribution in [2.24, 2.45) is 0 Å². The van der Waals surface area contributed by atoms with Gasteiger partial charge < -0.3 is 0 Å². The van der Waals surface area contributed by atoms with Gasteiger partial charge in [-0.15, -0.1) is 0 Å². The van der Waals surface area contributed by atoms with Crippen molar-refractivity contribution in [1.82, 2.24) is 10.2 Å². The van der Waals surface area contributed by atoms with Crippen LogP contribution in [0, 0.1) is 0 Å². The molecule has 1 aromatic rings. The van der Waals surface area contributed by atoms with Gasteiger partial charge >= 0.3 is 0 Å². The number of aromatic amines is 1. The second-order valence-corrected chi connectivity index (χ2v) is 4.50. The molecule has 1 fully saturated rings. The van der Waals surface area contributed by atoms with Crippen LogP contribution in [0.2, 0.25) is 0 Å². The van der Waals surface area contributed by atoms with Gasteiger partial charge in [0.2, 0.25) is 0 Å². The molecule has 3 heteroatoms. The monoisotopic (exact) mass is 206 g/mol. The molecule has 1 N–H and O–H groups in total. The lowest BCUT2D eigenvalue weighted by Gasteiger charge is -2.35. The van der Waals surface area contributed by atoms with Crippen molar-refractivity contribution < 1.29 is 0 Å². The van der Waals surface area contributed by atoms with Gasteiger partial charge in [0.25, 0.3) is 5.56 Å². The van der Waals surface area contributed by atoms with Gasteiger partial charge in [-0.25, -0.2) is 5.10 Å². The first-order chi connectivity index (χ1) is 7.27. The van der Waals surface area contributed by atoms with Gasteiger partial charge in [-0.1, -0.05) is 26.2 Å². The van der Waals surface area contributed by atoms with E-state index in [-0.39, 0.29) is 11.0 Å². The Balaban J connectivity index is 2.32. The van der Waals surface area contributed by atoms with Gasteiger partial charge in [-0.2, -0.15) is 5.10 Å². The van der Waals surface area contributed by atoms with Gasteiger partial charge in [0.1, 0.15) is 0 Å². The minimum Gasteiger partial charge on any atom is -0.268 e. The molecule has 82 valence electrons. The van der Waals surface area contributed by atoms with Crippen LogP contribution in [0.1, 0.15) is 51.1 Å². The van der Waals surface area contributed by atoms with E-state index >= 15 is 0 Å². The third kappa shape index (κ3) is 1.96. The molecule has 0 bridgehead atoms. The largest absolute Gasteiger partial charge is 0.268 e. The van der Waals surface area contributed by atoms with Gasteiger partial charge in [-0.3, -0.25) is 4.79 Å². The predicted molar refractivity (Wildman–Crippen MR) is 59.9 cm³/mol. The number of nitrogens with one attached hydrogen (secondary N) is 1. The molecule has 0 aliphatic heterocycles. The lowest BCUT2D eigenvalue weighted by molar-refractivity contribution is 0.274. The minimum atomic E-state index is -0.110. The quantitative estimate of drug-likeness (QED) is 0.807. The lowest BCUT2D eigenvalue weighted by atomic mass is 9.70. The molecule has 0 atom stereocenters. The molecule has 0 amide bonds. The highest BCUT2D eigenvalue weighted by atomic mass is 16.1. The molecule has 0 unspecified atom stereocenters. The summed E-state index contributed by atoms with van der Waals surface area (Å²) in [7, 11) is 0. The topological polar surface area (TPSA) is 45.8 Å². The molecule has 1 heterocycles. The summed E-state index contributed by atoms with van der Waals surface area (Å²) in [6.07, 6.45) is 7.45. The van der Waals surface area contributed by atoms with Crippen LogP contribution in [0.25, 0.3) is 0 Å². The second-order valence-electron chi connectivity index (χ2n) is 4.50. The van der Waals surface area contributed by atoms with Crippen molar-refractivity contribution in [3.63, 3.8) is 0 Å². The molecule has 0 saturated heterocycles. The van der Waals surface area contributed by atoms with Crippen molar-refractivity contribution in [1.29, 1.82) is 0 Å². The smallest absolute Gasteiger partial charge is 0.264 e. The van der Waals surface area contributed by atoms with Crippen LogP contribution in [0.15, 0.2) is 16.9 Å². The van der Waals surface area contributed by atoms with Crippen LogP contribution >= 0.6 is 0 Å². The van der Waals surface area contributed by atoms with Crippen LogP contribution in [0.5, 0.6) is 0 Å². The third-order valence-electron chi connectivity index (χ3n) is 3.71. The zero-order valence-corrected chi connectivity index (χ0v) is 9.25. The zero-order valence-electron chi connectivity index (χ0n) is 9.25. The Bertz CT molecular complexity index is 357. The molecule has 1 aliphatic carbocycles. The highest BCUT2D eigenvalue weighted by Gasteiger charge is 2.33. The van der Waals surface area contributed by atoms with E-state index in [4.69, 9.17) is 0 Å². The second kappa shape index (κ2) is 4.17. The fraction of sp³-hybridized carbons (Fsp3) is 0.667. The van der Waals surface area contributed by atoms with Crippen molar-refractivity contribution in [3.05, 3.63) is 28.2 Å². The highest BCUT2D eigenvalue weighted by Crippen LogP contribution is 2.40. The highest BCUT2D eigenvalue weighted by molar-refractivity contribution is 5.15. The van der Waals surface area contributed by atoms with Crippen molar-refractivity contribution in [2.75, 3.05) is 0 Å². The first kappa shape index (κ1) is 10.4. The molecule has 0 spiro atoms. The van der Waals surface area contributed by atoms with Crippen LogP contribution < -0.4 is 5.56 Å². The zero-order chi connectivity index (χ0) is 10.7. The van der Waals surface area contributed by atoms with Gasteiger partial charge in [0.05, 0.1) is 5.69 Å². The molecule has 0 radical (unpaired) electrons. The van der Waals surface area contributed by atoms with Gasteiger partial charge in [0.15, 0.2) is 0 Å². The summed E-state index contributed by atoms with van der Waals surface area (Å²) in [5, 5.41) is 6.76. The van der Waals surface area contributed by atoms with Crippen molar-refractivity contribution >= 4 is 0 Å². The maximum Gasteiger partial charge on any atom is 0.264 e. The Hall–Kier alpha value is -1.12. The van der Waals surface area contributed by atoms with Crippen LogP contribution in [0.4, 0.5) is 0 Å². The van der Waals surface area contributed by atoms with Crippen LogP contribution in [-0.4, -0.2) is 10.2 Å². The molecule has 15 heavy (non-hydrogen) atoms. The average molecular weight is 206 g/mol. The summed E-state index contributed by atoms with van der Waals surface area (Å²) >= 11 is 0. The SMILES string of the molecule is CCC1(c2ccc(=O)[nH]n2)CCCCC1. The maximum atomic E-state index is 11.0. The summed E-state index contributed by atoms with van der Waals surface area (Å²) < 4.78 is 0. The molecule has 3 nitrogen and oxygen atoms in total. The average Bonchev–Trinajstić information content (AvgIpc) is 2.31. The number of hydrogen-bond donors (Lipinski definition) is 1. The molecule has 1 aromatic heterocycles. The molecular weight excluding hydrogens is 188 g/mol. The Kier molecular flexibility index (Phi) is 2.89. The molecule has 1 aliphatic rings. The maximum absolute atomic E-state index is 11.0. The number of hydrogen-bond acceptors (Lipinski definition) is 2. The first-order valence-electron chi connectivity index (χ1n) is 5.83. The normalized spacial score (nSPS) is 20.1. The van der Waals surface area contributed by atoms with E-state index in [9.17, 15) is 4.79 Å². The molecule has 1 saturated carbocycles. The third-order valence-corrected chi connectivity index (χ3v) is 3.71. The van der Waals surface area contributed by atoms with Gasteiger partial charge in [0, 0.05) is 11.5 Å². The molecule has 0 aromatic carbocycles. The predicted octanol–water partition coefficient (Wildman–Crippen LogP) is 2.38.